The first-order valence-corrected chi connectivity index (χ1v) is 4.01. The second-order valence-corrected chi connectivity index (χ2v) is 3.01. The molecule has 0 aliphatic carbocycles. The van der Waals surface area contributed by atoms with Crippen molar-refractivity contribution in [3.05, 3.63) is 0 Å². The van der Waals surface area contributed by atoms with Crippen LogP contribution in [0.1, 0.15) is 27.2 Å². The molecule has 58 valence electrons. The summed E-state index contributed by atoms with van der Waals surface area (Å²) >= 11 is 0. The molecule has 0 radical (unpaired) electrons. The topological polar surface area (TPSA) is 24.4 Å². The van der Waals surface area contributed by atoms with E-state index in [0.29, 0.717) is 12.1 Å². The molecule has 10 heavy (non-hydrogen) atoms. The summed E-state index contributed by atoms with van der Waals surface area (Å²) in [4.78, 5) is 4.42. The van der Waals surface area contributed by atoms with E-state index in [4.69, 9.17) is 0 Å². The Labute approximate surface area is 62.7 Å². The van der Waals surface area contributed by atoms with Crippen molar-refractivity contribution in [2.24, 2.45) is 4.99 Å². The molecule has 1 rings (SSSR count). The predicted molar refractivity (Wildman–Crippen MR) is 44.7 cm³/mol. The zero-order valence-electron chi connectivity index (χ0n) is 7.02. The Bertz CT molecular complexity index is 140. The third-order valence-electron chi connectivity index (χ3n) is 2.01. The van der Waals surface area contributed by atoms with Crippen molar-refractivity contribution in [3.63, 3.8) is 0 Å². The summed E-state index contributed by atoms with van der Waals surface area (Å²) in [5.41, 5.74) is 1.26. The molecule has 0 aromatic rings. The lowest BCUT2D eigenvalue weighted by atomic mass is 10.1. The van der Waals surface area contributed by atoms with Crippen LogP contribution in [-0.4, -0.2) is 24.3 Å². The Morgan fingerprint density at radius 1 is 1.70 bits per heavy atom. The van der Waals surface area contributed by atoms with Gasteiger partial charge in [-0.15, -0.1) is 0 Å². The SMILES string of the molecule is CCC1NC(C)CN=C1C. The average molecular weight is 140 g/mol. The van der Waals surface area contributed by atoms with Gasteiger partial charge >= 0.3 is 0 Å². The number of hydrogen-bond acceptors (Lipinski definition) is 2. The van der Waals surface area contributed by atoms with Gasteiger partial charge in [-0.25, -0.2) is 0 Å². The van der Waals surface area contributed by atoms with E-state index >= 15 is 0 Å². The first kappa shape index (κ1) is 7.73. The van der Waals surface area contributed by atoms with Crippen LogP contribution < -0.4 is 5.32 Å². The van der Waals surface area contributed by atoms with Gasteiger partial charge < -0.3 is 5.32 Å². The minimum absolute atomic E-state index is 0.531. The van der Waals surface area contributed by atoms with Crippen LogP contribution in [0.25, 0.3) is 0 Å². The molecular weight excluding hydrogens is 124 g/mol. The Hall–Kier alpha value is -0.370. The average Bonchev–Trinajstić information content (AvgIpc) is 1.94. The summed E-state index contributed by atoms with van der Waals surface area (Å²) in [6, 6.07) is 1.09. The number of hydrogen-bond donors (Lipinski definition) is 1. The third kappa shape index (κ3) is 1.57. The largest absolute Gasteiger partial charge is 0.305 e. The molecule has 0 amide bonds. The highest BCUT2D eigenvalue weighted by Crippen LogP contribution is 2.03. The molecule has 0 aromatic heterocycles. The van der Waals surface area contributed by atoms with Gasteiger partial charge in [-0.1, -0.05) is 6.92 Å². The maximum absolute atomic E-state index is 4.42. The summed E-state index contributed by atoms with van der Waals surface area (Å²) < 4.78 is 0. The summed E-state index contributed by atoms with van der Waals surface area (Å²) in [6.45, 7) is 7.42. The van der Waals surface area contributed by atoms with Crippen molar-refractivity contribution in [2.75, 3.05) is 6.54 Å². The first-order valence-electron chi connectivity index (χ1n) is 4.01. The predicted octanol–water partition coefficient (Wildman–Crippen LogP) is 1.22. The quantitative estimate of drug-likeness (QED) is 0.582. The molecule has 1 aliphatic heterocycles. The molecule has 0 fully saturated rings. The van der Waals surface area contributed by atoms with E-state index in [1.807, 2.05) is 0 Å². The van der Waals surface area contributed by atoms with E-state index in [2.05, 4.69) is 31.1 Å². The first-order chi connectivity index (χ1) is 4.74. The maximum atomic E-state index is 4.42. The summed E-state index contributed by atoms with van der Waals surface area (Å²) in [5.74, 6) is 0. The molecule has 0 spiro atoms. The van der Waals surface area contributed by atoms with Crippen LogP contribution in [0.4, 0.5) is 0 Å². The second kappa shape index (κ2) is 3.15. The van der Waals surface area contributed by atoms with Crippen LogP contribution in [0.5, 0.6) is 0 Å². The number of aliphatic imine (C=N–C) groups is 1. The number of nitrogens with zero attached hydrogens (tertiary/aromatic N) is 1. The molecule has 0 bridgehead atoms. The minimum Gasteiger partial charge on any atom is -0.305 e. The van der Waals surface area contributed by atoms with Gasteiger partial charge in [-0.2, -0.15) is 0 Å². The smallest absolute Gasteiger partial charge is 0.0540 e. The normalized spacial score (nSPS) is 33.7. The van der Waals surface area contributed by atoms with E-state index in [1.165, 1.54) is 5.71 Å². The number of rotatable bonds is 1. The van der Waals surface area contributed by atoms with Crippen LogP contribution in [-0.2, 0) is 0 Å². The van der Waals surface area contributed by atoms with Crippen LogP contribution in [0.3, 0.4) is 0 Å². The van der Waals surface area contributed by atoms with E-state index in [0.717, 1.165) is 13.0 Å². The molecule has 0 saturated heterocycles. The molecule has 2 unspecified atom stereocenters. The van der Waals surface area contributed by atoms with Gasteiger partial charge in [0, 0.05) is 17.8 Å². The third-order valence-corrected chi connectivity index (χ3v) is 2.01. The summed E-state index contributed by atoms with van der Waals surface area (Å²) in [6.07, 6.45) is 1.15. The molecule has 1 aliphatic rings. The fraction of sp³-hybridized carbons (Fsp3) is 0.875. The van der Waals surface area contributed by atoms with Gasteiger partial charge in [0.05, 0.1) is 6.54 Å². The van der Waals surface area contributed by atoms with E-state index < -0.39 is 0 Å². The van der Waals surface area contributed by atoms with Crippen molar-refractivity contribution in [3.8, 4) is 0 Å². The number of nitrogens with one attached hydrogen (secondary N) is 1. The fourth-order valence-electron chi connectivity index (χ4n) is 1.32. The fourth-order valence-corrected chi connectivity index (χ4v) is 1.32. The highest BCUT2D eigenvalue weighted by atomic mass is 15.0. The molecule has 2 heteroatoms. The Morgan fingerprint density at radius 2 is 2.40 bits per heavy atom. The lowest BCUT2D eigenvalue weighted by Crippen LogP contribution is -2.46. The van der Waals surface area contributed by atoms with Crippen LogP contribution in [0, 0.1) is 0 Å². The van der Waals surface area contributed by atoms with Crippen molar-refractivity contribution in [1.29, 1.82) is 0 Å². The molecule has 2 atom stereocenters. The highest BCUT2D eigenvalue weighted by Gasteiger charge is 2.16. The Morgan fingerprint density at radius 3 is 2.90 bits per heavy atom. The van der Waals surface area contributed by atoms with Crippen molar-refractivity contribution in [2.45, 2.75) is 39.3 Å². The second-order valence-electron chi connectivity index (χ2n) is 3.01. The molecule has 2 nitrogen and oxygen atoms in total. The monoisotopic (exact) mass is 140 g/mol. The molecular formula is C8H16N2. The van der Waals surface area contributed by atoms with E-state index in [-0.39, 0.29) is 0 Å². The lowest BCUT2D eigenvalue weighted by molar-refractivity contribution is 0.485. The van der Waals surface area contributed by atoms with Gasteiger partial charge in [0.1, 0.15) is 0 Å². The Kier molecular flexibility index (Phi) is 2.44. The van der Waals surface area contributed by atoms with Gasteiger partial charge in [-0.3, -0.25) is 4.99 Å². The summed E-state index contributed by atoms with van der Waals surface area (Å²) in [7, 11) is 0. The summed E-state index contributed by atoms with van der Waals surface area (Å²) in [5, 5.41) is 3.48. The van der Waals surface area contributed by atoms with Crippen molar-refractivity contribution >= 4 is 5.71 Å². The molecule has 0 aromatic carbocycles. The van der Waals surface area contributed by atoms with E-state index in [9.17, 15) is 0 Å². The van der Waals surface area contributed by atoms with Crippen LogP contribution >= 0.6 is 0 Å². The maximum Gasteiger partial charge on any atom is 0.0540 e. The van der Waals surface area contributed by atoms with Crippen LogP contribution in [0.15, 0.2) is 4.99 Å². The molecule has 0 saturated carbocycles. The Balaban J connectivity index is 2.56. The van der Waals surface area contributed by atoms with Crippen molar-refractivity contribution < 1.29 is 0 Å². The zero-order chi connectivity index (χ0) is 7.56. The van der Waals surface area contributed by atoms with Crippen LogP contribution in [0.2, 0.25) is 0 Å². The lowest BCUT2D eigenvalue weighted by Gasteiger charge is -2.26. The molecule has 1 heterocycles. The van der Waals surface area contributed by atoms with Gasteiger partial charge in [-0.05, 0) is 20.3 Å². The van der Waals surface area contributed by atoms with Gasteiger partial charge in [0.2, 0.25) is 0 Å². The zero-order valence-corrected chi connectivity index (χ0v) is 7.02. The standard InChI is InChI=1S/C8H16N2/c1-4-8-7(3)9-5-6(2)10-8/h6,8,10H,4-5H2,1-3H3. The van der Waals surface area contributed by atoms with E-state index in [1.54, 1.807) is 0 Å². The van der Waals surface area contributed by atoms with Crippen molar-refractivity contribution in [1.82, 2.24) is 5.32 Å². The molecule has 1 N–H and O–H groups in total. The highest BCUT2D eigenvalue weighted by molar-refractivity contribution is 5.87. The van der Waals surface area contributed by atoms with Gasteiger partial charge in [0.15, 0.2) is 0 Å². The van der Waals surface area contributed by atoms with Gasteiger partial charge in [0.25, 0.3) is 0 Å². The minimum atomic E-state index is 0.531.